The lowest BCUT2D eigenvalue weighted by molar-refractivity contribution is -0.274. The Balaban J connectivity index is 1.79. The quantitative estimate of drug-likeness (QED) is 0.772. The highest BCUT2D eigenvalue weighted by molar-refractivity contribution is 7.92. The average Bonchev–Trinajstić information content (AvgIpc) is 2.44. The number of rotatable bonds is 3. The lowest BCUT2D eigenvalue weighted by Crippen LogP contribution is -2.45. The standard InChI is InChI=1S/C16H17F3O4S/c17-16(18,19)23-12-4-1-3-10(7-12)15(20)11-8-13-5-2-6-14(9-11)24(13,21)22/h1,3-4,7,11,13-14H,2,5-6,8-9H2. The first kappa shape index (κ1) is 17.3. The van der Waals surface area contributed by atoms with Crippen molar-refractivity contribution in [3.05, 3.63) is 29.8 Å². The summed E-state index contributed by atoms with van der Waals surface area (Å²) in [7, 11) is -3.17. The number of Topliss-reactive ketones (excluding diaryl/α,β-unsaturated/α-hetero) is 1. The van der Waals surface area contributed by atoms with Crippen LogP contribution in [0.15, 0.2) is 24.3 Å². The van der Waals surface area contributed by atoms with E-state index in [2.05, 4.69) is 4.74 Å². The van der Waals surface area contributed by atoms with E-state index in [-0.39, 0.29) is 24.2 Å². The predicted octanol–water partition coefficient (Wildman–Crippen LogP) is 3.51. The van der Waals surface area contributed by atoms with E-state index in [1.54, 1.807) is 0 Å². The Bertz CT molecular complexity index is 722. The first-order valence-electron chi connectivity index (χ1n) is 7.79. The highest BCUT2D eigenvalue weighted by Gasteiger charge is 2.46. The first-order valence-corrected chi connectivity index (χ1v) is 9.40. The fourth-order valence-electron chi connectivity index (χ4n) is 3.71. The summed E-state index contributed by atoms with van der Waals surface area (Å²) in [6.45, 7) is 0. The number of ketones is 1. The van der Waals surface area contributed by atoms with Gasteiger partial charge in [-0.1, -0.05) is 18.6 Å². The van der Waals surface area contributed by atoms with E-state index in [4.69, 9.17) is 0 Å². The number of alkyl halides is 3. The maximum atomic E-state index is 12.6. The summed E-state index contributed by atoms with van der Waals surface area (Å²) >= 11 is 0. The fraction of sp³-hybridized carbons (Fsp3) is 0.562. The minimum absolute atomic E-state index is 0.124. The second kappa shape index (κ2) is 6.06. The SMILES string of the molecule is O=C(c1cccc(OC(F)(F)F)c1)C1CC2CCCC(C1)S2(=O)=O. The van der Waals surface area contributed by atoms with E-state index >= 15 is 0 Å². The molecule has 2 aliphatic heterocycles. The molecule has 0 amide bonds. The maximum Gasteiger partial charge on any atom is 0.573 e. The van der Waals surface area contributed by atoms with Crippen LogP contribution in [0, 0.1) is 5.92 Å². The van der Waals surface area contributed by atoms with Crippen molar-refractivity contribution < 1.29 is 31.1 Å². The Labute approximate surface area is 137 Å². The van der Waals surface area contributed by atoms with Crippen LogP contribution in [0.4, 0.5) is 13.2 Å². The van der Waals surface area contributed by atoms with E-state index in [1.165, 1.54) is 12.1 Å². The van der Waals surface area contributed by atoms with Crippen molar-refractivity contribution in [1.29, 1.82) is 0 Å². The smallest absolute Gasteiger partial charge is 0.406 e. The van der Waals surface area contributed by atoms with Gasteiger partial charge in [0.2, 0.25) is 0 Å². The number of benzene rings is 1. The number of carbonyl (C=O) groups is 1. The Hall–Kier alpha value is -1.57. The molecule has 2 atom stereocenters. The molecule has 2 saturated heterocycles. The van der Waals surface area contributed by atoms with E-state index in [1.807, 2.05) is 0 Å². The average molecular weight is 362 g/mol. The van der Waals surface area contributed by atoms with Gasteiger partial charge in [-0.25, -0.2) is 8.42 Å². The maximum absolute atomic E-state index is 12.6. The van der Waals surface area contributed by atoms with Gasteiger partial charge in [0.1, 0.15) is 5.75 Å². The largest absolute Gasteiger partial charge is 0.573 e. The summed E-state index contributed by atoms with van der Waals surface area (Å²) < 4.78 is 65.2. The van der Waals surface area contributed by atoms with E-state index in [0.29, 0.717) is 12.8 Å². The van der Waals surface area contributed by atoms with Crippen LogP contribution >= 0.6 is 0 Å². The Morgan fingerprint density at radius 2 is 1.75 bits per heavy atom. The van der Waals surface area contributed by atoms with Gasteiger partial charge >= 0.3 is 6.36 Å². The highest BCUT2D eigenvalue weighted by Crippen LogP contribution is 2.40. The molecule has 0 aromatic heterocycles. The van der Waals surface area contributed by atoms with Crippen LogP contribution in [0.1, 0.15) is 42.5 Å². The number of hydrogen-bond donors (Lipinski definition) is 0. The molecule has 2 heterocycles. The second-order valence-corrected chi connectivity index (χ2v) is 8.88. The van der Waals surface area contributed by atoms with Crippen LogP contribution in [0.3, 0.4) is 0 Å². The summed E-state index contributed by atoms with van der Waals surface area (Å²) in [5.74, 6) is -1.23. The van der Waals surface area contributed by atoms with Gasteiger partial charge in [0.25, 0.3) is 0 Å². The molecular weight excluding hydrogens is 345 g/mol. The number of carbonyl (C=O) groups excluding carboxylic acids is 1. The molecule has 2 bridgehead atoms. The predicted molar refractivity (Wildman–Crippen MR) is 80.5 cm³/mol. The number of sulfone groups is 1. The molecule has 0 aliphatic carbocycles. The van der Waals surface area contributed by atoms with Gasteiger partial charge in [-0.3, -0.25) is 4.79 Å². The molecule has 1 aromatic carbocycles. The van der Waals surface area contributed by atoms with Crippen LogP contribution < -0.4 is 4.74 Å². The van der Waals surface area contributed by atoms with Crippen molar-refractivity contribution in [2.75, 3.05) is 0 Å². The monoisotopic (exact) mass is 362 g/mol. The fourth-order valence-corrected chi connectivity index (χ4v) is 6.24. The summed E-state index contributed by atoms with van der Waals surface area (Å²) in [5.41, 5.74) is 0.124. The third-order valence-electron chi connectivity index (χ3n) is 4.80. The minimum atomic E-state index is -4.82. The summed E-state index contributed by atoms with van der Waals surface area (Å²) in [4.78, 5) is 12.6. The molecular formula is C16H17F3O4S. The molecule has 1 aromatic rings. The van der Waals surface area contributed by atoms with Crippen molar-refractivity contribution in [3.8, 4) is 5.75 Å². The number of ether oxygens (including phenoxy) is 1. The lowest BCUT2D eigenvalue weighted by Gasteiger charge is -2.38. The van der Waals surface area contributed by atoms with Crippen LogP contribution in [-0.4, -0.2) is 31.1 Å². The van der Waals surface area contributed by atoms with Gasteiger partial charge < -0.3 is 4.74 Å². The molecule has 0 radical (unpaired) electrons. The number of hydrogen-bond acceptors (Lipinski definition) is 4. The zero-order valence-electron chi connectivity index (χ0n) is 12.8. The topological polar surface area (TPSA) is 60.4 Å². The Morgan fingerprint density at radius 1 is 1.12 bits per heavy atom. The molecule has 8 heteroatoms. The first-order chi connectivity index (χ1) is 11.2. The normalized spacial score (nSPS) is 29.0. The van der Waals surface area contributed by atoms with Gasteiger partial charge in [0.05, 0.1) is 10.5 Å². The van der Waals surface area contributed by atoms with Crippen LogP contribution in [0.25, 0.3) is 0 Å². The third kappa shape index (κ3) is 3.43. The van der Waals surface area contributed by atoms with E-state index < -0.39 is 38.4 Å². The highest BCUT2D eigenvalue weighted by atomic mass is 32.2. The molecule has 132 valence electrons. The van der Waals surface area contributed by atoms with E-state index in [0.717, 1.165) is 18.6 Å². The van der Waals surface area contributed by atoms with Crippen molar-refractivity contribution in [2.24, 2.45) is 5.92 Å². The van der Waals surface area contributed by atoms with Gasteiger partial charge in [0.15, 0.2) is 15.6 Å². The summed E-state index contributed by atoms with van der Waals surface area (Å²) in [6, 6.07) is 4.96. The molecule has 2 aliphatic rings. The molecule has 0 spiro atoms. The van der Waals surface area contributed by atoms with Gasteiger partial charge in [-0.05, 0) is 37.8 Å². The minimum Gasteiger partial charge on any atom is -0.406 e. The number of halogens is 3. The van der Waals surface area contributed by atoms with Gasteiger partial charge in [-0.2, -0.15) is 0 Å². The van der Waals surface area contributed by atoms with Crippen LogP contribution in [-0.2, 0) is 9.84 Å². The molecule has 4 nitrogen and oxygen atoms in total. The molecule has 3 rings (SSSR count). The molecule has 2 unspecified atom stereocenters. The lowest BCUT2D eigenvalue weighted by atomic mass is 9.84. The van der Waals surface area contributed by atoms with Crippen molar-refractivity contribution in [1.82, 2.24) is 0 Å². The van der Waals surface area contributed by atoms with Crippen molar-refractivity contribution >= 4 is 15.6 Å². The summed E-state index contributed by atoms with van der Waals surface area (Å²) in [6.07, 6.45) is -2.37. The zero-order valence-corrected chi connectivity index (χ0v) is 13.6. The van der Waals surface area contributed by atoms with Gasteiger partial charge in [-0.15, -0.1) is 13.2 Å². The molecule has 2 fully saturated rings. The Morgan fingerprint density at radius 3 is 2.33 bits per heavy atom. The van der Waals surface area contributed by atoms with E-state index in [9.17, 15) is 26.4 Å². The summed E-state index contributed by atoms with van der Waals surface area (Å²) in [5, 5.41) is -1.01. The molecule has 24 heavy (non-hydrogen) atoms. The van der Waals surface area contributed by atoms with Gasteiger partial charge in [0, 0.05) is 11.5 Å². The third-order valence-corrected chi connectivity index (χ3v) is 7.51. The van der Waals surface area contributed by atoms with Crippen LogP contribution in [0.2, 0.25) is 0 Å². The molecule has 0 saturated carbocycles. The van der Waals surface area contributed by atoms with Crippen molar-refractivity contribution in [3.63, 3.8) is 0 Å². The van der Waals surface area contributed by atoms with Crippen molar-refractivity contribution in [2.45, 2.75) is 49.0 Å². The Kier molecular flexibility index (Phi) is 4.36. The molecule has 0 N–H and O–H groups in total. The zero-order chi connectivity index (χ0) is 17.5. The number of fused-ring (bicyclic) bond motifs is 2. The van der Waals surface area contributed by atoms with Crippen LogP contribution in [0.5, 0.6) is 5.75 Å². The second-order valence-electron chi connectivity index (χ2n) is 6.37.